The van der Waals surface area contributed by atoms with Crippen molar-refractivity contribution in [2.24, 2.45) is 0 Å². The Morgan fingerprint density at radius 2 is 1.86 bits per heavy atom. The Hall–Kier alpha value is -3.32. The van der Waals surface area contributed by atoms with Gasteiger partial charge >= 0.3 is 0 Å². The molecule has 42 heavy (non-hydrogen) atoms. The molecule has 0 aromatic heterocycles. The van der Waals surface area contributed by atoms with E-state index in [1.165, 1.54) is 16.8 Å². The Kier molecular flexibility index (Phi) is 12.0. The monoisotopic (exact) mass is 569 g/mol. The molecule has 1 heterocycles. The van der Waals surface area contributed by atoms with Crippen LogP contribution in [0, 0.1) is 24.1 Å². The van der Waals surface area contributed by atoms with E-state index < -0.39 is 0 Å². The molecule has 2 atom stereocenters. The van der Waals surface area contributed by atoms with Gasteiger partial charge in [0.25, 0.3) is 0 Å². The summed E-state index contributed by atoms with van der Waals surface area (Å²) in [6.07, 6.45) is 16.4. The third-order valence-electron chi connectivity index (χ3n) is 8.79. The second kappa shape index (κ2) is 15.2. The Labute approximate surface area is 255 Å². The van der Waals surface area contributed by atoms with E-state index in [9.17, 15) is 9.65 Å². The molecule has 3 nitrogen and oxygen atoms in total. The van der Waals surface area contributed by atoms with E-state index in [1.807, 2.05) is 18.2 Å². The number of hydrogen-bond acceptors (Lipinski definition) is 3. The van der Waals surface area contributed by atoms with Gasteiger partial charge < -0.3 is 10.2 Å². The topological polar surface area (TPSA) is 39.1 Å². The summed E-state index contributed by atoms with van der Waals surface area (Å²) in [7, 11) is 0. The highest BCUT2D eigenvalue weighted by Crippen LogP contribution is 2.50. The van der Waals surface area contributed by atoms with E-state index in [0.29, 0.717) is 5.57 Å². The summed E-state index contributed by atoms with van der Waals surface area (Å²) < 4.78 is 14.4. The van der Waals surface area contributed by atoms with Gasteiger partial charge in [-0.05, 0) is 105 Å². The lowest BCUT2D eigenvalue weighted by Gasteiger charge is -2.32. The number of allylic oxidation sites excluding steroid dienone is 6. The molecule has 3 rings (SSSR count). The summed E-state index contributed by atoms with van der Waals surface area (Å²) in [5.41, 5.74) is 7.42. The van der Waals surface area contributed by atoms with Crippen molar-refractivity contribution in [1.29, 1.82) is 5.26 Å². The average molecular weight is 570 g/mol. The molecule has 1 aliphatic rings. The first kappa shape index (κ1) is 33.2. The zero-order chi connectivity index (χ0) is 30.8. The summed E-state index contributed by atoms with van der Waals surface area (Å²) in [5, 5.41) is 13.8. The highest BCUT2D eigenvalue weighted by Gasteiger charge is 2.42. The summed E-state index contributed by atoms with van der Waals surface area (Å²) >= 11 is 0. The number of hydrogen-bond donors (Lipinski definition) is 1. The van der Waals surface area contributed by atoms with Gasteiger partial charge in [0.05, 0.1) is 11.6 Å². The summed E-state index contributed by atoms with van der Waals surface area (Å²) in [5.74, 6) is -0.197. The van der Waals surface area contributed by atoms with Gasteiger partial charge in [-0.1, -0.05) is 77.7 Å². The predicted octanol–water partition coefficient (Wildman–Crippen LogP) is 10.7. The maximum atomic E-state index is 14.4. The second-order valence-electron chi connectivity index (χ2n) is 12.4. The van der Waals surface area contributed by atoms with Crippen LogP contribution in [-0.4, -0.2) is 13.1 Å². The van der Waals surface area contributed by atoms with Crippen LogP contribution in [0.4, 0.5) is 15.8 Å². The Bertz CT molecular complexity index is 1330. The number of nitrogens with zero attached hydrogens (tertiary/aromatic N) is 2. The van der Waals surface area contributed by atoms with Crippen molar-refractivity contribution in [3.63, 3.8) is 0 Å². The molecule has 4 heteroatoms. The maximum absolute atomic E-state index is 14.4. The number of nitriles is 1. The second-order valence-corrected chi connectivity index (χ2v) is 12.4. The van der Waals surface area contributed by atoms with Gasteiger partial charge in [-0.25, -0.2) is 4.39 Å². The fraction of sp³-hybridized carbons (Fsp3) is 0.500. The number of rotatable bonds is 15. The van der Waals surface area contributed by atoms with Crippen LogP contribution in [0.3, 0.4) is 0 Å². The Morgan fingerprint density at radius 1 is 1.07 bits per heavy atom. The Morgan fingerprint density at radius 3 is 2.52 bits per heavy atom. The van der Waals surface area contributed by atoms with Gasteiger partial charge in [0.15, 0.2) is 0 Å². The minimum atomic E-state index is -0.298. The molecule has 1 aliphatic heterocycles. The predicted molar refractivity (Wildman–Crippen MR) is 179 cm³/mol. The highest BCUT2D eigenvalue weighted by atomic mass is 19.1. The molecule has 0 spiro atoms. The third kappa shape index (κ3) is 7.54. The molecule has 0 radical (unpaired) electrons. The van der Waals surface area contributed by atoms with Crippen molar-refractivity contribution in [1.82, 2.24) is 0 Å². The minimum absolute atomic E-state index is 0.0393. The SMILES string of the molecule is CCCCC(C)(C/C=C/C(C#N)=C/C=C1/N(CCC)c2ccc(F)cc2C1(C)CCC)c1cc(C)ccc1NCCC. The molecule has 0 saturated heterocycles. The number of unbranched alkanes of at least 4 members (excludes halogenated alkanes) is 1. The molecule has 0 aliphatic carbocycles. The van der Waals surface area contributed by atoms with Gasteiger partial charge in [-0.2, -0.15) is 5.26 Å². The first-order valence-electron chi connectivity index (χ1n) is 16.1. The first-order chi connectivity index (χ1) is 20.2. The molecule has 226 valence electrons. The van der Waals surface area contributed by atoms with E-state index in [-0.39, 0.29) is 16.6 Å². The molecule has 0 fully saturated rings. The van der Waals surface area contributed by atoms with E-state index >= 15 is 0 Å². The van der Waals surface area contributed by atoms with Crippen LogP contribution in [0.2, 0.25) is 0 Å². The fourth-order valence-corrected chi connectivity index (χ4v) is 6.48. The van der Waals surface area contributed by atoms with E-state index in [0.717, 1.165) is 81.4 Å². The molecule has 0 bridgehead atoms. The van der Waals surface area contributed by atoms with Crippen molar-refractivity contribution >= 4 is 11.4 Å². The molecule has 1 N–H and O–H groups in total. The lowest BCUT2D eigenvalue weighted by Crippen LogP contribution is -2.29. The normalized spacial score (nSPS) is 19.3. The quantitative estimate of drug-likeness (QED) is 0.171. The van der Waals surface area contributed by atoms with Crippen LogP contribution in [0.1, 0.15) is 110 Å². The van der Waals surface area contributed by atoms with Crippen LogP contribution in [0.25, 0.3) is 0 Å². The number of aryl methyl sites for hydroxylation is 1. The average Bonchev–Trinajstić information content (AvgIpc) is 3.19. The third-order valence-corrected chi connectivity index (χ3v) is 8.79. The van der Waals surface area contributed by atoms with Crippen LogP contribution >= 0.6 is 0 Å². The lowest BCUT2D eigenvalue weighted by molar-refractivity contribution is 0.422. The van der Waals surface area contributed by atoms with Crippen molar-refractivity contribution in [2.75, 3.05) is 23.3 Å². The van der Waals surface area contributed by atoms with Crippen molar-refractivity contribution < 1.29 is 4.39 Å². The van der Waals surface area contributed by atoms with E-state index in [2.05, 4.69) is 95.1 Å². The van der Waals surface area contributed by atoms with Crippen LogP contribution in [0.15, 0.2) is 72.0 Å². The van der Waals surface area contributed by atoms with Crippen LogP contribution in [-0.2, 0) is 10.8 Å². The molecule has 2 aromatic carbocycles. The smallest absolute Gasteiger partial charge is 0.123 e. The lowest BCUT2D eigenvalue weighted by atomic mass is 9.74. The molecular weight excluding hydrogens is 517 g/mol. The minimum Gasteiger partial charge on any atom is -0.385 e. The number of benzene rings is 2. The summed E-state index contributed by atoms with van der Waals surface area (Å²) in [4.78, 5) is 2.32. The van der Waals surface area contributed by atoms with Crippen molar-refractivity contribution in [3.05, 3.63) is 94.5 Å². The number of anilines is 2. The fourth-order valence-electron chi connectivity index (χ4n) is 6.48. The molecule has 0 saturated carbocycles. The van der Waals surface area contributed by atoms with E-state index in [4.69, 9.17) is 0 Å². The van der Waals surface area contributed by atoms with Crippen LogP contribution in [0.5, 0.6) is 0 Å². The highest BCUT2D eigenvalue weighted by molar-refractivity contribution is 5.71. The molecule has 0 amide bonds. The molecule has 2 unspecified atom stereocenters. The molecular formula is C38H52FN3. The maximum Gasteiger partial charge on any atom is 0.123 e. The van der Waals surface area contributed by atoms with Gasteiger partial charge in [-0.15, -0.1) is 0 Å². The zero-order valence-corrected chi connectivity index (χ0v) is 27.1. The van der Waals surface area contributed by atoms with Gasteiger partial charge in [0.1, 0.15) is 5.82 Å². The zero-order valence-electron chi connectivity index (χ0n) is 27.1. The number of halogens is 1. The van der Waals surface area contributed by atoms with Gasteiger partial charge in [-0.3, -0.25) is 0 Å². The molecule has 2 aromatic rings. The largest absolute Gasteiger partial charge is 0.385 e. The standard InChI is InChI=1S/C38H52FN3/c1-8-12-22-37(6,32-26-29(5)15-18-34(32)41-24-10-3)23-13-14-30(28-40)16-20-36-38(7,21-9-2)33-27-31(39)17-19-35(33)42(36)25-11-4/h13-20,26-27,41H,8-12,21-25H2,1-7H3/b14-13+,30-16-,36-20+. The Balaban J connectivity index is 1.97. The number of nitrogens with one attached hydrogen (secondary N) is 1. The van der Waals surface area contributed by atoms with Crippen molar-refractivity contribution in [2.45, 2.75) is 111 Å². The number of fused-ring (bicyclic) bond motifs is 1. The first-order valence-corrected chi connectivity index (χ1v) is 16.1. The summed E-state index contributed by atoms with van der Waals surface area (Å²) in [6.45, 7) is 17.3. The van der Waals surface area contributed by atoms with Gasteiger partial charge in [0, 0.05) is 35.6 Å². The van der Waals surface area contributed by atoms with E-state index in [1.54, 1.807) is 12.1 Å². The van der Waals surface area contributed by atoms with Gasteiger partial charge in [0.2, 0.25) is 0 Å². The van der Waals surface area contributed by atoms with Crippen molar-refractivity contribution in [3.8, 4) is 6.07 Å². The summed E-state index contributed by atoms with van der Waals surface area (Å²) in [6, 6.07) is 14.3. The van der Waals surface area contributed by atoms with Crippen LogP contribution < -0.4 is 10.2 Å².